The molecule has 2 fully saturated rings. The predicted octanol–water partition coefficient (Wildman–Crippen LogP) is 2.38. The summed E-state index contributed by atoms with van der Waals surface area (Å²) in [7, 11) is -0.438. The highest BCUT2D eigenvalue weighted by Gasteiger charge is 2.52. The second-order valence-corrected chi connectivity index (χ2v) is 7.09. The van der Waals surface area contributed by atoms with Gasteiger partial charge >= 0.3 is 7.12 Å². The average molecular weight is 291 g/mol. The molecule has 1 heterocycles. The van der Waals surface area contributed by atoms with Crippen LogP contribution in [-0.4, -0.2) is 24.4 Å². The quantitative estimate of drug-likeness (QED) is 0.864. The van der Waals surface area contributed by atoms with Gasteiger partial charge in [0.25, 0.3) is 0 Å². The summed E-state index contributed by atoms with van der Waals surface area (Å²) >= 11 is 0. The first kappa shape index (κ1) is 15.0. The molecule has 1 N–H and O–H groups in total. The summed E-state index contributed by atoms with van der Waals surface area (Å²) in [5, 5.41) is 3.43. The first-order valence-corrected chi connectivity index (χ1v) is 7.66. The van der Waals surface area contributed by atoms with Crippen molar-refractivity contribution in [1.29, 1.82) is 0 Å². The van der Waals surface area contributed by atoms with Crippen LogP contribution in [0.2, 0.25) is 0 Å². The van der Waals surface area contributed by atoms with Gasteiger partial charge in [0.2, 0.25) is 0 Å². The summed E-state index contributed by atoms with van der Waals surface area (Å²) < 4.78 is 25.7. The topological polar surface area (TPSA) is 30.5 Å². The lowest BCUT2D eigenvalue weighted by Crippen LogP contribution is -2.41. The van der Waals surface area contributed by atoms with Gasteiger partial charge in [0.1, 0.15) is 5.82 Å². The summed E-state index contributed by atoms with van der Waals surface area (Å²) in [6.07, 6.45) is 2.42. The Kier molecular flexibility index (Phi) is 3.63. The van der Waals surface area contributed by atoms with E-state index in [0.29, 0.717) is 12.6 Å². The van der Waals surface area contributed by atoms with Gasteiger partial charge in [0.15, 0.2) is 0 Å². The molecule has 0 atom stereocenters. The maximum atomic E-state index is 13.6. The van der Waals surface area contributed by atoms with E-state index in [1.807, 2.05) is 27.7 Å². The van der Waals surface area contributed by atoms with E-state index in [0.717, 1.165) is 11.0 Å². The Hall–Kier alpha value is -0.905. The minimum absolute atomic E-state index is 0.220. The Morgan fingerprint density at radius 3 is 2.38 bits per heavy atom. The second-order valence-electron chi connectivity index (χ2n) is 7.09. The molecule has 1 saturated heterocycles. The maximum Gasteiger partial charge on any atom is 0.495 e. The Labute approximate surface area is 126 Å². The summed E-state index contributed by atoms with van der Waals surface area (Å²) in [5.41, 5.74) is 1.07. The van der Waals surface area contributed by atoms with Crippen molar-refractivity contribution in [3.8, 4) is 0 Å². The molecule has 2 aliphatic rings. The van der Waals surface area contributed by atoms with Crippen molar-refractivity contribution in [1.82, 2.24) is 5.32 Å². The minimum Gasteiger partial charge on any atom is -0.399 e. The van der Waals surface area contributed by atoms with Gasteiger partial charge in [-0.2, -0.15) is 0 Å². The number of benzene rings is 1. The molecule has 114 valence electrons. The van der Waals surface area contributed by atoms with Gasteiger partial charge in [-0.25, -0.2) is 4.39 Å². The van der Waals surface area contributed by atoms with Crippen LogP contribution >= 0.6 is 0 Å². The van der Waals surface area contributed by atoms with Gasteiger partial charge in [-0.1, -0.05) is 6.07 Å². The van der Waals surface area contributed by atoms with Gasteiger partial charge in [-0.05, 0) is 63.7 Å². The minimum atomic E-state index is -0.438. The van der Waals surface area contributed by atoms with E-state index >= 15 is 0 Å². The van der Waals surface area contributed by atoms with Crippen LogP contribution in [0.4, 0.5) is 4.39 Å². The van der Waals surface area contributed by atoms with Crippen LogP contribution in [0, 0.1) is 5.82 Å². The zero-order valence-corrected chi connectivity index (χ0v) is 13.2. The first-order chi connectivity index (χ1) is 9.78. The summed E-state index contributed by atoms with van der Waals surface area (Å²) in [5.74, 6) is -0.220. The molecule has 0 amide bonds. The molecular formula is C16H23BFNO2. The molecule has 0 radical (unpaired) electrons. The molecule has 1 aromatic carbocycles. The van der Waals surface area contributed by atoms with Crippen LogP contribution < -0.4 is 10.8 Å². The Morgan fingerprint density at radius 2 is 1.81 bits per heavy atom. The molecule has 3 rings (SSSR count). The molecule has 1 aliphatic heterocycles. The molecule has 1 aromatic rings. The molecule has 1 saturated carbocycles. The third-order valence-electron chi connectivity index (χ3n) is 4.77. The van der Waals surface area contributed by atoms with E-state index in [1.54, 1.807) is 12.1 Å². The highest BCUT2D eigenvalue weighted by atomic mass is 19.1. The van der Waals surface area contributed by atoms with E-state index in [4.69, 9.17) is 9.31 Å². The lowest BCUT2D eigenvalue weighted by Gasteiger charge is -2.32. The van der Waals surface area contributed by atoms with Crippen LogP contribution in [0.3, 0.4) is 0 Å². The standard InChI is InChI=1S/C16H23BFNO2/c1-15(2)16(3,4)21-17(20-15)14-8-5-12(18)9-11(14)10-19-13-6-7-13/h5,8-9,13,19H,6-7,10H2,1-4H3. The largest absolute Gasteiger partial charge is 0.495 e. The third kappa shape index (κ3) is 3.00. The smallest absolute Gasteiger partial charge is 0.399 e. The monoisotopic (exact) mass is 291 g/mol. The molecular weight excluding hydrogens is 268 g/mol. The van der Waals surface area contributed by atoms with Gasteiger partial charge in [-0.3, -0.25) is 0 Å². The Balaban J connectivity index is 1.84. The molecule has 0 aromatic heterocycles. The van der Waals surface area contributed by atoms with Crippen molar-refractivity contribution >= 4 is 12.6 Å². The van der Waals surface area contributed by atoms with Gasteiger partial charge in [0.05, 0.1) is 11.2 Å². The van der Waals surface area contributed by atoms with Gasteiger partial charge < -0.3 is 14.6 Å². The summed E-state index contributed by atoms with van der Waals surface area (Å²) in [6, 6.07) is 5.41. The number of nitrogens with one attached hydrogen (secondary N) is 1. The molecule has 3 nitrogen and oxygen atoms in total. The average Bonchev–Trinajstić information content (AvgIpc) is 3.15. The van der Waals surface area contributed by atoms with Crippen molar-refractivity contribution in [2.75, 3.05) is 0 Å². The van der Waals surface area contributed by atoms with Gasteiger partial charge in [0, 0.05) is 12.6 Å². The van der Waals surface area contributed by atoms with E-state index < -0.39 is 7.12 Å². The van der Waals surface area contributed by atoms with E-state index in [-0.39, 0.29) is 17.0 Å². The lowest BCUT2D eigenvalue weighted by atomic mass is 9.76. The van der Waals surface area contributed by atoms with Crippen LogP contribution in [0.15, 0.2) is 18.2 Å². The van der Waals surface area contributed by atoms with E-state index in [2.05, 4.69) is 5.32 Å². The van der Waals surface area contributed by atoms with Crippen molar-refractivity contribution < 1.29 is 13.7 Å². The van der Waals surface area contributed by atoms with E-state index in [9.17, 15) is 4.39 Å². The number of rotatable bonds is 4. The first-order valence-electron chi connectivity index (χ1n) is 7.66. The summed E-state index contributed by atoms with van der Waals surface area (Å²) in [6.45, 7) is 8.76. The Morgan fingerprint density at radius 1 is 1.19 bits per heavy atom. The lowest BCUT2D eigenvalue weighted by molar-refractivity contribution is 0.00578. The van der Waals surface area contributed by atoms with Crippen LogP contribution in [-0.2, 0) is 15.9 Å². The van der Waals surface area contributed by atoms with Crippen molar-refractivity contribution in [3.05, 3.63) is 29.6 Å². The highest BCUT2D eigenvalue weighted by Crippen LogP contribution is 2.36. The zero-order valence-electron chi connectivity index (χ0n) is 13.2. The molecule has 1 aliphatic carbocycles. The fourth-order valence-electron chi connectivity index (χ4n) is 2.47. The van der Waals surface area contributed by atoms with Crippen LogP contribution in [0.1, 0.15) is 46.1 Å². The molecule has 21 heavy (non-hydrogen) atoms. The van der Waals surface area contributed by atoms with Gasteiger partial charge in [-0.15, -0.1) is 0 Å². The number of hydrogen-bond acceptors (Lipinski definition) is 3. The molecule has 0 unspecified atom stereocenters. The summed E-state index contributed by atoms with van der Waals surface area (Å²) in [4.78, 5) is 0. The third-order valence-corrected chi connectivity index (χ3v) is 4.77. The fraction of sp³-hybridized carbons (Fsp3) is 0.625. The van der Waals surface area contributed by atoms with Crippen molar-refractivity contribution in [3.63, 3.8) is 0 Å². The number of halogens is 1. The number of hydrogen-bond donors (Lipinski definition) is 1. The normalized spacial score (nSPS) is 23.6. The van der Waals surface area contributed by atoms with Crippen molar-refractivity contribution in [2.24, 2.45) is 0 Å². The predicted molar refractivity (Wildman–Crippen MR) is 82.0 cm³/mol. The van der Waals surface area contributed by atoms with E-state index in [1.165, 1.54) is 18.9 Å². The zero-order chi connectivity index (χ0) is 15.3. The maximum absolute atomic E-state index is 13.6. The van der Waals surface area contributed by atoms with Crippen LogP contribution in [0.5, 0.6) is 0 Å². The molecule has 0 spiro atoms. The fourth-order valence-corrected chi connectivity index (χ4v) is 2.47. The van der Waals surface area contributed by atoms with Crippen molar-refractivity contribution in [2.45, 2.75) is 64.3 Å². The SMILES string of the molecule is CC1(C)OB(c2ccc(F)cc2CNC2CC2)OC1(C)C. The second kappa shape index (κ2) is 5.08. The molecule has 5 heteroatoms. The molecule has 0 bridgehead atoms. The Bertz CT molecular complexity index is 527. The highest BCUT2D eigenvalue weighted by molar-refractivity contribution is 6.62. The van der Waals surface area contributed by atoms with Crippen LogP contribution in [0.25, 0.3) is 0 Å².